The second-order valence-electron chi connectivity index (χ2n) is 4.77. The summed E-state index contributed by atoms with van der Waals surface area (Å²) >= 11 is 0. The van der Waals surface area contributed by atoms with Gasteiger partial charge < -0.3 is 5.32 Å². The van der Waals surface area contributed by atoms with Gasteiger partial charge in [-0.3, -0.25) is 0 Å². The van der Waals surface area contributed by atoms with E-state index in [0.717, 1.165) is 24.7 Å². The quantitative estimate of drug-likeness (QED) is 0.845. The Bertz CT molecular complexity index is 462. The highest BCUT2D eigenvalue weighted by atomic mass is 15.3. The van der Waals surface area contributed by atoms with Crippen LogP contribution in [0.1, 0.15) is 25.8 Å². The molecular weight excluding hydrogens is 222 g/mol. The van der Waals surface area contributed by atoms with E-state index in [4.69, 9.17) is 0 Å². The average Bonchev–Trinajstić information content (AvgIpc) is 2.88. The van der Waals surface area contributed by atoms with Crippen molar-refractivity contribution in [3.63, 3.8) is 0 Å². The highest BCUT2D eigenvalue weighted by Crippen LogP contribution is 2.07. The SMILES string of the molecule is CCC(C)CNCc1cnn(-c2ccccc2)c1. The van der Waals surface area contributed by atoms with Gasteiger partial charge in [0.1, 0.15) is 0 Å². The minimum atomic E-state index is 0.731. The van der Waals surface area contributed by atoms with Gasteiger partial charge >= 0.3 is 0 Å². The third kappa shape index (κ3) is 3.44. The molecule has 1 aromatic heterocycles. The van der Waals surface area contributed by atoms with E-state index in [0.29, 0.717) is 0 Å². The molecule has 3 nitrogen and oxygen atoms in total. The summed E-state index contributed by atoms with van der Waals surface area (Å²) in [4.78, 5) is 0. The smallest absolute Gasteiger partial charge is 0.0645 e. The van der Waals surface area contributed by atoms with Crippen LogP contribution in [-0.4, -0.2) is 16.3 Å². The summed E-state index contributed by atoms with van der Waals surface area (Å²) in [6, 6.07) is 10.2. The zero-order valence-electron chi connectivity index (χ0n) is 11.1. The first-order valence-electron chi connectivity index (χ1n) is 6.59. The molecule has 1 unspecified atom stereocenters. The molecule has 0 saturated carbocycles. The van der Waals surface area contributed by atoms with Gasteiger partial charge in [0.25, 0.3) is 0 Å². The summed E-state index contributed by atoms with van der Waals surface area (Å²) in [5.74, 6) is 0.731. The second-order valence-corrected chi connectivity index (χ2v) is 4.77. The minimum absolute atomic E-state index is 0.731. The van der Waals surface area contributed by atoms with E-state index in [2.05, 4.69) is 42.6 Å². The molecule has 0 radical (unpaired) electrons. The van der Waals surface area contributed by atoms with Crippen molar-refractivity contribution in [3.05, 3.63) is 48.3 Å². The van der Waals surface area contributed by atoms with Crippen LogP contribution in [0, 0.1) is 5.92 Å². The van der Waals surface area contributed by atoms with Gasteiger partial charge in [-0.15, -0.1) is 0 Å². The summed E-state index contributed by atoms with van der Waals surface area (Å²) in [6.45, 7) is 6.43. The summed E-state index contributed by atoms with van der Waals surface area (Å²) in [7, 11) is 0. The largest absolute Gasteiger partial charge is 0.312 e. The fraction of sp³-hybridized carbons (Fsp3) is 0.400. The molecule has 0 saturated heterocycles. The molecule has 2 aromatic rings. The Balaban J connectivity index is 1.91. The van der Waals surface area contributed by atoms with E-state index in [1.807, 2.05) is 29.1 Å². The van der Waals surface area contributed by atoms with Crippen LogP contribution in [0.25, 0.3) is 5.69 Å². The third-order valence-electron chi connectivity index (χ3n) is 3.18. The molecule has 2 rings (SSSR count). The van der Waals surface area contributed by atoms with Crippen molar-refractivity contribution in [3.8, 4) is 5.69 Å². The molecular formula is C15H21N3. The molecule has 96 valence electrons. The third-order valence-corrected chi connectivity index (χ3v) is 3.18. The number of rotatable bonds is 6. The lowest BCUT2D eigenvalue weighted by Crippen LogP contribution is -2.19. The number of para-hydroxylation sites is 1. The Hall–Kier alpha value is -1.61. The van der Waals surface area contributed by atoms with Crippen LogP contribution in [0.5, 0.6) is 0 Å². The van der Waals surface area contributed by atoms with Crippen molar-refractivity contribution in [1.82, 2.24) is 15.1 Å². The van der Waals surface area contributed by atoms with Crippen molar-refractivity contribution < 1.29 is 0 Å². The van der Waals surface area contributed by atoms with Crippen LogP contribution in [0.2, 0.25) is 0 Å². The van der Waals surface area contributed by atoms with E-state index >= 15 is 0 Å². The first-order valence-corrected chi connectivity index (χ1v) is 6.59. The van der Waals surface area contributed by atoms with Crippen molar-refractivity contribution in [2.24, 2.45) is 5.92 Å². The van der Waals surface area contributed by atoms with Crippen LogP contribution in [-0.2, 0) is 6.54 Å². The highest BCUT2D eigenvalue weighted by molar-refractivity contribution is 5.30. The lowest BCUT2D eigenvalue weighted by atomic mass is 10.1. The summed E-state index contributed by atoms with van der Waals surface area (Å²) in [5, 5.41) is 7.84. The van der Waals surface area contributed by atoms with Gasteiger partial charge in [-0.2, -0.15) is 5.10 Å². The zero-order chi connectivity index (χ0) is 12.8. The van der Waals surface area contributed by atoms with Crippen molar-refractivity contribution in [1.29, 1.82) is 0 Å². The second kappa shape index (κ2) is 6.36. The summed E-state index contributed by atoms with van der Waals surface area (Å²) in [6.07, 6.45) is 5.23. The fourth-order valence-corrected chi connectivity index (χ4v) is 1.78. The van der Waals surface area contributed by atoms with E-state index in [1.165, 1.54) is 12.0 Å². The van der Waals surface area contributed by atoms with Gasteiger partial charge in [0.2, 0.25) is 0 Å². The normalized spacial score (nSPS) is 12.6. The van der Waals surface area contributed by atoms with Gasteiger partial charge in [-0.05, 0) is 24.6 Å². The number of hydrogen-bond acceptors (Lipinski definition) is 2. The maximum absolute atomic E-state index is 4.38. The van der Waals surface area contributed by atoms with Crippen molar-refractivity contribution in [2.75, 3.05) is 6.54 Å². The lowest BCUT2D eigenvalue weighted by molar-refractivity contribution is 0.500. The van der Waals surface area contributed by atoms with Crippen LogP contribution in [0.15, 0.2) is 42.7 Å². The van der Waals surface area contributed by atoms with Gasteiger partial charge in [-0.25, -0.2) is 4.68 Å². The predicted octanol–water partition coefficient (Wildman–Crippen LogP) is 3.01. The Morgan fingerprint density at radius 1 is 1.28 bits per heavy atom. The Labute approximate surface area is 109 Å². The Morgan fingerprint density at radius 2 is 2.06 bits per heavy atom. The first kappa shape index (κ1) is 12.8. The molecule has 0 aliphatic rings. The Kier molecular flexibility index (Phi) is 4.53. The van der Waals surface area contributed by atoms with Crippen molar-refractivity contribution >= 4 is 0 Å². The van der Waals surface area contributed by atoms with E-state index in [-0.39, 0.29) is 0 Å². The molecule has 18 heavy (non-hydrogen) atoms. The molecule has 1 heterocycles. The van der Waals surface area contributed by atoms with Crippen LogP contribution in [0.4, 0.5) is 0 Å². The van der Waals surface area contributed by atoms with E-state index in [9.17, 15) is 0 Å². The van der Waals surface area contributed by atoms with Crippen LogP contribution >= 0.6 is 0 Å². The maximum atomic E-state index is 4.38. The molecule has 1 aromatic carbocycles. The molecule has 1 N–H and O–H groups in total. The number of benzene rings is 1. The van der Waals surface area contributed by atoms with Crippen molar-refractivity contribution in [2.45, 2.75) is 26.8 Å². The summed E-state index contributed by atoms with van der Waals surface area (Å²) < 4.78 is 1.92. The number of aromatic nitrogens is 2. The van der Waals surface area contributed by atoms with Gasteiger partial charge in [-0.1, -0.05) is 38.5 Å². The van der Waals surface area contributed by atoms with E-state index < -0.39 is 0 Å². The van der Waals surface area contributed by atoms with E-state index in [1.54, 1.807) is 0 Å². The Morgan fingerprint density at radius 3 is 2.78 bits per heavy atom. The maximum Gasteiger partial charge on any atom is 0.0645 e. The molecule has 0 aliphatic carbocycles. The molecule has 3 heteroatoms. The number of nitrogens with one attached hydrogen (secondary N) is 1. The minimum Gasteiger partial charge on any atom is -0.312 e. The number of nitrogens with zero attached hydrogens (tertiary/aromatic N) is 2. The van der Waals surface area contributed by atoms with Gasteiger partial charge in [0.05, 0.1) is 11.9 Å². The van der Waals surface area contributed by atoms with Gasteiger partial charge in [0.15, 0.2) is 0 Å². The first-order chi connectivity index (χ1) is 8.79. The molecule has 0 spiro atoms. The lowest BCUT2D eigenvalue weighted by Gasteiger charge is -2.08. The van der Waals surface area contributed by atoms with Crippen LogP contribution < -0.4 is 5.32 Å². The standard InChI is InChI=1S/C15H21N3/c1-3-13(2)9-16-10-14-11-17-18(12-14)15-7-5-4-6-8-15/h4-8,11-13,16H,3,9-10H2,1-2H3. The monoisotopic (exact) mass is 243 g/mol. The zero-order valence-corrected chi connectivity index (χ0v) is 11.1. The molecule has 0 aliphatic heterocycles. The van der Waals surface area contributed by atoms with Gasteiger partial charge in [0, 0.05) is 18.3 Å². The molecule has 0 fully saturated rings. The fourth-order valence-electron chi connectivity index (χ4n) is 1.78. The van der Waals surface area contributed by atoms with Crippen LogP contribution in [0.3, 0.4) is 0 Å². The molecule has 1 atom stereocenters. The molecule has 0 amide bonds. The average molecular weight is 243 g/mol. The topological polar surface area (TPSA) is 29.9 Å². The highest BCUT2D eigenvalue weighted by Gasteiger charge is 2.01. The summed E-state index contributed by atoms with van der Waals surface area (Å²) in [5.41, 5.74) is 2.33. The predicted molar refractivity (Wildman–Crippen MR) is 74.7 cm³/mol. The molecule has 0 bridgehead atoms. The number of hydrogen-bond donors (Lipinski definition) is 1.